The molecule has 0 saturated heterocycles. The largest absolute Gasteiger partial charge is 0.508 e. The molecular formula is C15H15BrN2O2. The maximum absolute atomic E-state index is 12.6. The molecule has 0 aliphatic rings. The number of benzene rings is 2. The summed E-state index contributed by atoms with van der Waals surface area (Å²) < 4.78 is 0.587. The Hall–Kier alpha value is -2.01. The van der Waals surface area contributed by atoms with Gasteiger partial charge in [0.25, 0.3) is 5.91 Å². The Labute approximate surface area is 126 Å². The number of anilines is 2. The van der Waals surface area contributed by atoms with E-state index in [-0.39, 0.29) is 11.7 Å². The summed E-state index contributed by atoms with van der Waals surface area (Å²) >= 11 is 3.34. The number of nitrogens with two attached hydrogens (primary N) is 1. The first-order valence-electron chi connectivity index (χ1n) is 6.19. The van der Waals surface area contributed by atoms with Crippen LogP contribution in [0.3, 0.4) is 0 Å². The van der Waals surface area contributed by atoms with Crippen molar-refractivity contribution >= 4 is 33.2 Å². The highest BCUT2D eigenvalue weighted by atomic mass is 79.9. The fourth-order valence-electron chi connectivity index (χ4n) is 1.96. The molecule has 0 aromatic heterocycles. The van der Waals surface area contributed by atoms with Crippen molar-refractivity contribution in [3.8, 4) is 5.75 Å². The molecule has 3 N–H and O–H groups in total. The van der Waals surface area contributed by atoms with Crippen LogP contribution in [0, 0.1) is 0 Å². The van der Waals surface area contributed by atoms with Crippen molar-refractivity contribution in [2.45, 2.75) is 6.92 Å². The summed E-state index contributed by atoms with van der Waals surface area (Å²) in [6.45, 7) is 2.37. The van der Waals surface area contributed by atoms with Crippen molar-refractivity contribution in [1.82, 2.24) is 0 Å². The van der Waals surface area contributed by atoms with Crippen LogP contribution in [-0.4, -0.2) is 17.6 Å². The van der Waals surface area contributed by atoms with Gasteiger partial charge in [0.05, 0.1) is 10.0 Å². The molecule has 4 nitrogen and oxygen atoms in total. The number of phenolic OH excluding ortho intramolecular Hbond substituents is 1. The first-order valence-corrected chi connectivity index (χ1v) is 6.98. The van der Waals surface area contributed by atoms with Crippen molar-refractivity contribution in [2.24, 2.45) is 0 Å². The molecule has 0 aliphatic heterocycles. The third kappa shape index (κ3) is 2.77. The number of carbonyl (C=O) groups excluding carboxylic acids is 1. The van der Waals surface area contributed by atoms with Crippen LogP contribution < -0.4 is 10.6 Å². The summed E-state index contributed by atoms with van der Waals surface area (Å²) in [4.78, 5) is 14.2. The predicted octanol–water partition coefficient (Wildman–Crippen LogP) is 3.40. The van der Waals surface area contributed by atoms with E-state index in [0.29, 0.717) is 28.0 Å². The molecule has 0 radical (unpaired) electrons. The number of amides is 1. The van der Waals surface area contributed by atoms with E-state index in [2.05, 4.69) is 15.9 Å². The van der Waals surface area contributed by atoms with E-state index in [0.717, 1.165) is 0 Å². The molecule has 20 heavy (non-hydrogen) atoms. The Morgan fingerprint density at radius 1 is 1.30 bits per heavy atom. The Morgan fingerprint density at radius 2 is 2.00 bits per heavy atom. The molecular weight excluding hydrogens is 320 g/mol. The number of carbonyl (C=O) groups is 1. The van der Waals surface area contributed by atoms with Gasteiger partial charge < -0.3 is 15.7 Å². The highest BCUT2D eigenvalue weighted by Gasteiger charge is 2.19. The zero-order valence-electron chi connectivity index (χ0n) is 11.0. The molecule has 1 amide bonds. The average Bonchev–Trinajstić information content (AvgIpc) is 2.42. The van der Waals surface area contributed by atoms with Gasteiger partial charge in [-0.1, -0.05) is 12.1 Å². The highest BCUT2D eigenvalue weighted by molar-refractivity contribution is 9.10. The van der Waals surface area contributed by atoms with Gasteiger partial charge in [-0.25, -0.2) is 0 Å². The van der Waals surface area contributed by atoms with Gasteiger partial charge in [0, 0.05) is 24.0 Å². The van der Waals surface area contributed by atoms with Crippen LogP contribution in [0.15, 0.2) is 46.9 Å². The molecule has 0 aliphatic carbocycles. The smallest absolute Gasteiger partial charge is 0.259 e. The Bertz CT molecular complexity index is 644. The summed E-state index contributed by atoms with van der Waals surface area (Å²) in [6, 6.07) is 11.8. The molecule has 2 aromatic carbocycles. The monoisotopic (exact) mass is 334 g/mol. The molecule has 2 aromatic rings. The Morgan fingerprint density at radius 3 is 2.65 bits per heavy atom. The first kappa shape index (κ1) is 14.4. The molecule has 0 bridgehead atoms. The van der Waals surface area contributed by atoms with Crippen molar-refractivity contribution in [2.75, 3.05) is 17.2 Å². The Kier molecular flexibility index (Phi) is 4.29. The number of aromatic hydroxyl groups is 1. The lowest BCUT2D eigenvalue weighted by Crippen LogP contribution is -2.30. The normalized spacial score (nSPS) is 10.3. The summed E-state index contributed by atoms with van der Waals surface area (Å²) in [6.07, 6.45) is 0. The van der Waals surface area contributed by atoms with E-state index in [4.69, 9.17) is 5.73 Å². The zero-order chi connectivity index (χ0) is 14.7. The molecule has 104 valence electrons. The minimum Gasteiger partial charge on any atom is -0.508 e. The predicted molar refractivity (Wildman–Crippen MR) is 84.0 cm³/mol. The van der Waals surface area contributed by atoms with Crippen molar-refractivity contribution < 1.29 is 9.90 Å². The van der Waals surface area contributed by atoms with Gasteiger partial charge >= 0.3 is 0 Å². The van der Waals surface area contributed by atoms with Crippen LogP contribution >= 0.6 is 15.9 Å². The van der Waals surface area contributed by atoms with Crippen molar-refractivity contribution in [1.29, 1.82) is 0 Å². The summed E-state index contributed by atoms with van der Waals surface area (Å²) in [5, 5.41) is 9.54. The number of hydrogen-bond donors (Lipinski definition) is 2. The maximum Gasteiger partial charge on any atom is 0.259 e. The number of hydrogen-bond acceptors (Lipinski definition) is 3. The van der Waals surface area contributed by atoms with Crippen LogP contribution in [0.5, 0.6) is 5.75 Å². The average molecular weight is 335 g/mol. The van der Waals surface area contributed by atoms with E-state index in [1.807, 2.05) is 6.92 Å². The van der Waals surface area contributed by atoms with Crippen molar-refractivity contribution in [3.63, 3.8) is 0 Å². The van der Waals surface area contributed by atoms with E-state index in [1.165, 1.54) is 0 Å². The van der Waals surface area contributed by atoms with E-state index in [1.54, 1.807) is 47.4 Å². The minimum atomic E-state index is -0.169. The van der Waals surface area contributed by atoms with E-state index in [9.17, 15) is 9.90 Å². The molecule has 0 saturated carbocycles. The first-order chi connectivity index (χ1) is 9.54. The number of rotatable bonds is 3. The van der Waals surface area contributed by atoms with Crippen LogP contribution in [0.4, 0.5) is 11.4 Å². The number of nitrogens with zero attached hydrogens (tertiary/aromatic N) is 1. The van der Waals surface area contributed by atoms with Crippen molar-refractivity contribution in [3.05, 3.63) is 52.5 Å². The van der Waals surface area contributed by atoms with Gasteiger partial charge in [0.1, 0.15) is 5.75 Å². The summed E-state index contributed by atoms with van der Waals surface area (Å²) in [5.74, 6) is -0.0438. The SMILES string of the molecule is CCN(C(=O)c1cccc(N)c1Br)c1cccc(O)c1. The molecule has 2 rings (SSSR count). The second kappa shape index (κ2) is 5.96. The van der Waals surface area contributed by atoms with Crippen LogP contribution in [0.1, 0.15) is 17.3 Å². The van der Waals surface area contributed by atoms with Gasteiger partial charge in [-0.15, -0.1) is 0 Å². The second-order valence-electron chi connectivity index (χ2n) is 4.28. The number of halogens is 1. The summed E-state index contributed by atoms with van der Waals surface area (Å²) in [5.41, 5.74) is 7.46. The van der Waals surface area contributed by atoms with Gasteiger partial charge in [0.15, 0.2) is 0 Å². The topological polar surface area (TPSA) is 66.6 Å². The minimum absolute atomic E-state index is 0.125. The number of phenols is 1. The third-order valence-corrected chi connectivity index (χ3v) is 3.85. The van der Waals surface area contributed by atoms with Crippen LogP contribution in [-0.2, 0) is 0 Å². The van der Waals surface area contributed by atoms with Gasteiger partial charge in [-0.05, 0) is 47.1 Å². The fourth-order valence-corrected chi connectivity index (χ4v) is 2.40. The molecule has 0 atom stereocenters. The van der Waals surface area contributed by atoms with E-state index >= 15 is 0 Å². The molecule has 5 heteroatoms. The molecule has 0 fully saturated rings. The number of nitrogen functional groups attached to an aromatic ring is 1. The lowest BCUT2D eigenvalue weighted by molar-refractivity contribution is 0.0987. The lowest BCUT2D eigenvalue weighted by Gasteiger charge is -2.22. The standard InChI is InChI=1S/C15H15BrN2O2/c1-2-18(10-5-3-6-11(19)9-10)15(20)12-7-4-8-13(17)14(12)16/h3-9,19H,2,17H2,1H3. The third-order valence-electron chi connectivity index (χ3n) is 2.96. The molecule has 0 unspecified atom stereocenters. The molecule has 0 spiro atoms. The Balaban J connectivity index is 2.42. The second-order valence-corrected chi connectivity index (χ2v) is 5.07. The van der Waals surface area contributed by atoms with Gasteiger partial charge in [0.2, 0.25) is 0 Å². The van der Waals surface area contributed by atoms with E-state index < -0.39 is 0 Å². The maximum atomic E-state index is 12.6. The quantitative estimate of drug-likeness (QED) is 0.845. The van der Waals surface area contributed by atoms with Crippen LogP contribution in [0.25, 0.3) is 0 Å². The fraction of sp³-hybridized carbons (Fsp3) is 0.133. The van der Waals surface area contributed by atoms with Gasteiger partial charge in [-0.3, -0.25) is 4.79 Å². The van der Waals surface area contributed by atoms with Gasteiger partial charge in [-0.2, -0.15) is 0 Å². The molecule has 0 heterocycles. The van der Waals surface area contributed by atoms with Crippen LogP contribution in [0.2, 0.25) is 0 Å². The lowest BCUT2D eigenvalue weighted by atomic mass is 10.1. The zero-order valence-corrected chi connectivity index (χ0v) is 12.6. The summed E-state index contributed by atoms with van der Waals surface area (Å²) in [7, 11) is 0. The highest BCUT2D eigenvalue weighted by Crippen LogP contribution is 2.27.